The summed E-state index contributed by atoms with van der Waals surface area (Å²) in [6, 6.07) is 7.13. The van der Waals surface area contributed by atoms with Gasteiger partial charge in [-0.15, -0.1) is 0 Å². The Morgan fingerprint density at radius 3 is 2.53 bits per heavy atom. The second-order valence-electron chi connectivity index (χ2n) is 4.16. The van der Waals surface area contributed by atoms with Crippen molar-refractivity contribution in [1.29, 1.82) is 0 Å². The Hall–Kier alpha value is -0.970. The first-order valence-corrected chi connectivity index (χ1v) is 6.66. The number of aliphatic hydroxyl groups is 1. The van der Waals surface area contributed by atoms with Crippen LogP contribution in [-0.4, -0.2) is 5.11 Å². The molecule has 0 spiro atoms. The molecule has 19 heavy (non-hydrogen) atoms. The van der Waals surface area contributed by atoms with E-state index < -0.39 is 17.7 Å². The molecule has 0 fully saturated rings. The molecule has 0 heterocycles. The molecule has 2 aromatic rings. The molecule has 2 rings (SSSR count). The van der Waals surface area contributed by atoms with Gasteiger partial charge in [-0.25, -0.2) is 8.78 Å². The number of hydrogen-bond donors (Lipinski definition) is 1. The lowest BCUT2D eigenvalue weighted by atomic mass is 9.97. The Kier molecular flexibility index (Phi) is 4.23. The highest BCUT2D eigenvalue weighted by molar-refractivity contribution is 9.10. The molecule has 0 aliphatic heterocycles. The third-order valence-corrected chi connectivity index (χ3v) is 3.73. The monoisotopic (exact) mass is 346 g/mol. The highest BCUT2D eigenvalue weighted by Gasteiger charge is 2.22. The maximum Gasteiger partial charge on any atom is 0.146 e. The van der Waals surface area contributed by atoms with E-state index >= 15 is 0 Å². The van der Waals surface area contributed by atoms with Crippen LogP contribution in [0.5, 0.6) is 0 Å². The van der Waals surface area contributed by atoms with Crippen molar-refractivity contribution in [2.75, 3.05) is 0 Å². The molecule has 5 heteroatoms. The summed E-state index contributed by atoms with van der Waals surface area (Å²) in [7, 11) is 0. The summed E-state index contributed by atoms with van der Waals surface area (Å²) in [5, 5.41) is 10.7. The average molecular weight is 348 g/mol. The van der Waals surface area contributed by atoms with E-state index in [1.165, 1.54) is 6.07 Å². The summed E-state index contributed by atoms with van der Waals surface area (Å²) in [6.45, 7) is 1.72. The minimum absolute atomic E-state index is 0.106. The van der Waals surface area contributed by atoms with Gasteiger partial charge in [0.1, 0.15) is 17.7 Å². The normalized spacial score (nSPS) is 12.5. The van der Waals surface area contributed by atoms with Gasteiger partial charge in [0.15, 0.2) is 0 Å². The third-order valence-electron chi connectivity index (χ3n) is 2.88. The number of aliphatic hydroxyl groups excluding tert-OH is 1. The molecule has 1 atom stereocenters. The number of aryl methyl sites for hydroxylation is 1. The van der Waals surface area contributed by atoms with Crippen molar-refractivity contribution in [2.24, 2.45) is 0 Å². The molecule has 0 saturated heterocycles. The van der Waals surface area contributed by atoms with Gasteiger partial charge in [-0.2, -0.15) is 0 Å². The molecule has 2 aromatic carbocycles. The molecule has 0 saturated carbocycles. The van der Waals surface area contributed by atoms with Crippen molar-refractivity contribution in [3.8, 4) is 0 Å². The van der Waals surface area contributed by atoms with Crippen molar-refractivity contribution >= 4 is 27.5 Å². The van der Waals surface area contributed by atoms with Crippen LogP contribution in [-0.2, 0) is 0 Å². The lowest BCUT2D eigenvalue weighted by Gasteiger charge is -2.16. The number of hydrogen-bond acceptors (Lipinski definition) is 1. The molecule has 0 aromatic heterocycles. The standard InChI is InChI=1S/C14H10BrClF2O/c1-7-6-8(16)2-3-9(7)14(19)12-11(17)5-4-10(15)13(12)18/h2-6,14,19H,1H3. The predicted octanol–water partition coefficient (Wildman–Crippen LogP) is 4.77. The van der Waals surface area contributed by atoms with Crippen LogP contribution in [0.2, 0.25) is 5.02 Å². The SMILES string of the molecule is Cc1cc(Cl)ccc1C(O)c1c(F)ccc(Br)c1F. The van der Waals surface area contributed by atoms with E-state index in [0.29, 0.717) is 16.1 Å². The molecular weight excluding hydrogens is 338 g/mol. The first kappa shape index (κ1) is 14.4. The zero-order valence-corrected chi connectivity index (χ0v) is 12.3. The summed E-state index contributed by atoms with van der Waals surface area (Å²) in [5.41, 5.74) is 0.707. The van der Waals surface area contributed by atoms with E-state index in [0.717, 1.165) is 6.07 Å². The van der Waals surface area contributed by atoms with E-state index in [-0.39, 0.29) is 10.0 Å². The van der Waals surface area contributed by atoms with Gasteiger partial charge in [0.2, 0.25) is 0 Å². The second kappa shape index (κ2) is 5.57. The maximum atomic E-state index is 13.9. The first-order chi connectivity index (χ1) is 8.91. The Morgan fingerprint density at radius 1 is 1.21 bits per heavy atom. The topological polar surface area (TPSA) is 20.2 Å². The number of halogens is 4. The van der Waals surface area contributed by atoms with Crippen LogP contribution < -0.4 is 0 Å². The molecule has 0 amide bonds. The lowest BCUT2D eigenvalue weighted by Crippen LogP contribution is -2.08. The van der Waals surface area contributed by atoms with E-state index in [1.54, 1.807) is 25.1 Å². The number of rotatable bonds is 2. The Bertz CT molecular complexity index is 631. The van der Waals surface area contributed by atoms with Crippen LogP contribution in [0, 0.1) is 18.6 Å². The van der Waals surface area contributed by atoms with Crippen molar-refractivity contribution < 1.29 is 13.9 Å². The van der Waals surface area contributed by atoms with Crippen molar-refractivity contribution in [3.05, 3.63) is 68.2 Å². The van der Waals surface area contributed by atoms with Crippen LogP contribution in [0.4, 0.5) is 8.78 Å². The van der Waals surface area contributed by atoms with Crippen LogP contribution in [0.3, 0.4) is 0 Å². The number of benzene rings is 2. The predicted molar refractivity (Wildman–Crippen MR) is 74.3 cm³/mol. The highest BCUT2D eigenvalue weighted by atomic mass is 79.9. The molecule has 1 N–H and O–H groups in total. The van der Waals surface area contributed by atoms with Gasteiger partial charge in [-0.3, -0.25) is 0 Å². The van der Waals surface area contributed by atoms with E-state index in [1.807, 2.05) is 0 Å². The quantitative estimate of drug-likeness (QED) is 0.776. The molecule has 0 aliphatic rings. The smallest absolute Gasteiger partial charge is 0.146 e. The van der Waals surface area contributed by atoms with Crippen molar-refractivity contribution in [2.45, 2.75) is 13.0 Å². The second-order valence-corrected chi connectivity index (χ2v) is 5.45. The van der Waals surface area contributed by atoms with Gasteiger partial charge in [0.05, 0.1) is 10.0 Å². The van der Waals surface area contributed by atoms with Crippen LogP contribution in [0.25, 0.3) is 0 Å². The lowest BCUT2D eigenvalue weighted by molar-refractivity contribution is 0.208. The third kappa shape index (κ3) is 2.81. The molecule has 0 bridgehead atoms. The summed E-state index contributed by atoms with van der Waals surface area (Å²) in [5.74, 6) is -1.59. The van der Waals surface area contributed by atoms with E-state index in [2.05, 4.69) is 15.9 Å². The van der Waals surface area contributed by atoms with Crippen LogP contribution >= 0.6 is 27.5 Å². The fourth-order valence-corrected chi connectivity index (χ4v) is 2.47. The van der Waals surface area contributed by atoms with Gasteiger partial charge >= 0.3 is 0 Å². The maximum absolute atomic E-state index is 13.9. The Balaban J connectivity index is 2.56. The van der Waals surface area contributed by atoms with Gasteiger partial charge < -0.3 is 5.11 Å². The zero-order chi connectivity index (χ0) is 14.2. The Morgan fingerprint density at radius 2 is 1.89 bits per heavy atom. The van der Waals surface area contributed by atoms with E-state index in [9.17, 15) is 13.9 Å². The molecule has 1 nitrogen and oxygen atoms in total. The summed E-state index contributed by atoms with van der Waals surface area (Å²) in [4.78, 5) is 0. The van der Waals surface area contributed by atoms with Crippen molar-refractivity contribution in [3.63, 3.8) is 0 Å². The molecule has 0 radical (unpaired) electrons. The molecule has 0 aliphatic carbocycles. The summed E-state index contributed by atoms with van der Waals surface area (Å²) >= 11 is 8.80. The van der Waals surface area contributed by atoms with E-state index in [4.69, 9.17) is 11.6 Å². The molecule has 100 valence electrons. The minimum atomic E-state index is -1.38. The Labute approximate surface area is 123 Å². The fourth-order valence-electron chi connectivity index (χ4n) is 1.89. The summed E-state index contributed by atoms with van der Waals surface area (Å²) < 4.78 is 27.8. The largest absolute Gasteiger partial charge is 0.383 e. The first-order valence-electron chi connectivity index (χ1n) is 5.49. The van der Waals surface area contributed by atoms with Crippen LogP contribution in [0.1, 0.15) is 22.8 Å². The average Bonchev–Trinajstić information content (AvgIpc) is 2.34. The van der Waals surface area contributed by atoms with Gasteiger partial charge in [0.25, 0.3) is 0 Å². The highest BCUT2D eigenvalue weighted by Crippen LogP contribution is 2.32. The summed E-state index contributed by atoms with van der Waals surface area (Å²) in [6.07, 6.45) is -1.38. The fraction of sp³-hybridized carbons (Fsp3) is 0.143. The molecular formula is C14H10BrClF2O. The van der Waals surface area contributed by atoms with Gasteiger partial charge in [-0.1, -0.05) is 17.7 Å². The van der Waals surface area contributed by atoms with Crippen molar-refractivity contribution in [1.82, 2.24) is 0 Å². The van der Waals surface area contributed by atoms with Gasteiger partial charge in [-0.05, 0) is 58.2 Å². The molecule has 1 unspecified atom stereocenters. The van der Waals surface area contributed by atoms with Crippen LogP contribution in [0.15, 0.2) is 34.8 Å². The zero-order valence-electron chi connectivity index (χ0n) is 9.92. The minimum Gasteiger partial charge on any atom is -0.383 e. The van der Waals surface area contributed by atoms with Gasteiger partial charge in [0, 0.05) is 5.02 Å².